The Kier molecular flexibility index (Phi) is 1.81. The maximum Gasteiger partial charge on any atom is 0.244 e. The molecule has 1 saturated carbocycles. The van der Waals surface area contributed by atoms with Crippen molar-refractivity contribution in [2.24, 2.45) is 5.73 Å². The largest absolute Gasteiger partial charge is 0.324 e. The molecule has 0 aliphatic heterocycles. The Labute approximate surface area is 76.9 Å². The molecule has 0 bridgehead atoms. The maximum absolute atomic E-state index is 11.5. The number of nitrogens with one attached hydrogen (secondary N) is 1. The summed E-state index contributed by atoms with van der Waals surface area (Å²) in [6.45, 7) is 0. The zero-order valence-electron chi connectivity index (χ0n) is 7.29. The Hall–Kier alpha value is -1.35. The van der Waals surface area contributed by atoms with Gasteiger partial charge in [0.15, 0.2) is 0 Å². The molecule has 0 spiro atoms. The molecule has 3 nitrogen and oxygen atoms in total. The van der Waals surface area contributed by atoms with Crippen LogP contribution in [0, 0.1) is 0 Å². The van der Waals surface area contributed by atoms with E-state index in [-0.39, 0.29) is 5.91 Å². The number of rotatable bonds is 2. The molecule has 0 unspecified atom stereocenters. The number of hydrogen-bond acceptors (Lipinski definition) is 2. The number of anilines is 1. The van der Waals surface area contributed by atoms with Crippen LogP contribution in [0.2, 0.25) is 0 Å². The third-order valence-corrected chi connectivity index (χ3v) is 2.27. The van der Waals surface area contributed by atoms with Crippen LogP contribution < -0.4 is 11.1 Å². The molecular weight excluding hydrogens is 164 g/mol. The second-order valence-corrected chi connectivity index (χ2v) is 3.48. The van der Waals surface area contributed by atoms with E-state index in [1.54, 1.807) is 0 Å². The summed E-state index contributed by atoms with van der Waals surface area (Å²) >= 11 is 0. The molecule has 0 heterocycles. The predicted molar refractivity (Wildman–Crippen MR) is 51.2 cm³/mol. The Bertz CT molecular complexity index is 317. The van der Waals surface area contributed by atoms with Crippen molar-refractivity contribution in [2.45, 2.75) is 18.4 Å². The number of para-hydroxylation sites is 1. The Morgan fingerprint density at radius 1 is 1.31 bits per heavy atom. The molecule has 13 heavy (non-hydrogen) atoms. The van der Waals surface area contributed by atoms with Gasteiger partial charge in [0.2, 0.25) is 5.91 Å². The SMILES string of the molecule is NC1(C(=O)Nc2ccccc2)CC1. The van der Waals surface area contributed by atoms with E-state index >= 15 is 0 Å². The monoisotopic (exact) mass is 176 g/mol. The first-order valence-corrected chi connectivity index (χ1v) is 4.36. The van der Waals surface area contributed by atoms with Gasteiger partial charge in [-0.1, -0.05) is 18.2 Å². The van der Waals surface area contributed by atoms with Crippen molar-refractivity contribution in [3.8, 4) is 0 Å². The molecular formula is C10H12N2O. The van der Waals surface area contributed by atoms with Crippen molar-refractivity contribution in [1.29, 1.82) is 0 Å². The van der Waals surface area contributed by atoms with Crippen molar-refractivity contribution in [3.63, 3.8) is 0 Å². The average Bonchev–Trinajstić information content (AvgIpc) is 2.87. The molecule has 0 radical (unpaired) electrons. The van der Waals surface area contributed by atoms with Crippen molar-refractivity contribution in [1.82, 2.24) is 0 Å². The van der Waals surface area contributed by atoms with E-state index in [9.17, 15) is 4.79 Å². The molecule has 1 aliphatic carbocycles. The van der Waals surface area contributed by atoms with E-state index in [2.05, 4.69) is 5.32 Å². The van der Waals surface area contributed by atoms with Crippen molar-refractivity contribution >= 4 is 11.6 Å². The quantitative estimate of drug-likeness (QED) is 0.709. The predicted octanol–water partition coefficient (Wildman–Crippen LogP) is 1.12. The first-order valence-electron chi connectivity index (χ1n) is 4.36. The van der Waals surface area contributed by atoms with Crippen LogP contribution in [-0.2, 0) is 4.79 Å². The molecule has 0 atom stereocenters. The fourth-order valence-electron chi connectivity index (χ4n) is 1.14. The minimum absolute atomic E-state index is 0.0706. The highest BCUT2D eigenvalue weighted by Crippen LogP contribution is 2.33. The number of hydrogen-bond donors (Lipinski definition) is 2. The Morgan fingerprint density at radius 3 is 2.46 bits per heavy atom. The molecule has 0 aromatic heterocycles. The second-order valence-electron chi connectivity index (χ2n) is 3.48. The van der Waals surface area contributed by atoms with Gasteiger partial charge in [0, 0.05) is 5.69 Å². The molecule has 3 N–H and O–H groups in total. The molecule has 1 aromatic carbocycles. The van der Waals surface area contributed by atoms with E-state index < -0.39 is 5.54 Å². The van der Waals surface area contributed by atoms with E-state index in [0.29, 0.717) is 0 Å². The molecule has 2 rings (SSSR count). The smallest absolute Gasteiger partial charge is 0.244 e. The topological polar surface area (TPSA) is 55.1 Å². The minimum Gasteiger partial charge on any atom is -0.324 e. The molecule has 0 saturated heterocycles. The number of carbonyl (C=O) groups excluding carboxylic acids is 1. The maximum atomic E-state index is 11.5. The van der Waals surface area contributed by atoms with Gasteiger partial charge in [-0.25, -0.2) is 0 Å². The summed E-state index contributed by atoms with van der Waals surface area (Å²) in [5.41, 5.74) is 5.95. The van der Waals surface area contributed by atoms with E-state index in [0.717, 1.165) is 18.5 Å². The van der Waals surface area contributed by atoms with Crippen LogP contribution >= 0.6 is 0 Å². The molecule has 1 aliphatic rings. The summed E-state index contributed by atoms with van der Waals surface area (Å²) in [5, 5.41) is 2.78. The van der Waals surface area contributed by atoms with Crippen LogP contribution in [0.15, 0.2) is 30.3 Å². The summed E-state index contributed by atoms with van der Waals surface area (Å²) in [4.78, 5) is 11.5. The number of benzene rings is 1. The van der Waals surface area contributed by atoms with Crippen LogP contribution in [0.3, 0.4) is 0 Å². The lowest BCUT2D eigenvalue weighted by atomic mass is 10.2. The molecule has 1 amide bonds. The van der Waals surface area contributed by atoms with Gasteiger partial charge < -0.3 is 11.1 Å². The third kappa shape index (κ3) is 1.70. The van der Waals surface area contributed by atoms with Gasteiger partial charge in [0.25, 0.3) is 0 Å². The highest BCUT2D eigenvalue weighted by molar-refractivity contribution is 5.99. The van der Waals surface area contributed by atoms with Gasteiger partial charge >= 0.3 is 0 Å². The van der Waals surface area contributed by atoms with E-state index in [4.69, 9.17) is 5.73 Å². The minimum atomic E-state index is -0.587. The van der Waals surface area contributed by atoms with Crippen LogP contribution in [0.4, 0.5) is 5.69 Å². The van der Waals surface area contributed by atoms with Gasteiger partial charge in [-0.05, 0) is 25.0 Å². The number of nitrogens with two attached hydrogens (primary N) is 1. The standard InChI is InChI=1S/C10H12N2O/c11-10(6-7-10)9(13)12-8-4-2-1-3-5-8/h1-5H,6-7,11H2,(H,12,13). The van der Waals surface area contributed by atoms with Crippen molar-refractivity contribution < 1.29 is 4.79 Å². The number of carbonyl (C=O) groups is 1. The van der Waals surface area contributed by atoms with Gasteiger partial charge in [0.1, 0.15) is 0 Å². The molecule has 1 fully saturated rings. The summed E-state index contributed by atoms with van der Waals surface area (Å²) in [5.74, 6) is -0.0706. The van der Waals surface area contributed by atoms with Crippen LogP contribution in [0.1, 0.15) is 12.8 Å². The normalized spacial score (nSPS) is 17.9. The van der Waals surface area contributed by atoms with Gasteiger partial charge in [-0.2, -0.15) is 0 Å². The first kappa shape index (κ1) is 8.26. The number of amides is 1. The van der Waals surface area contributed by atoms with Gasteiger partial charge in [-0.15, -0.1) is 0 Å². The van der Waals surface area contributed by atoms with E-state index in [1.807, 2.05) is 30.3 Å². The lowest BCUT2D eigenvalue weighted by Gasteiger charge is -2.09. The lowest BCUT2D eigenvalue weighted by Crippen LogP contribution is -2.37. The first-order chi connectivity index (χ1) is 6.21. The van der Waals surface area contributed by atoms with Crippen LogP contribution in [-0.4, -0.2) is 11.4 Å². The molecule has 68 valence electrons. The average molecular weight is 176 g/mol. The summed E-state index contributed by atoms with van der Waals surface area (Å²) in [6, 6.07) is 9.37. The summed E-state index contributed by atoms with van der Waals surface area (Å²) in [7, 11) is 0. The van der Waals surface area contributed by atoms with E-state index in [1.165, 1.54) is 0 Å². The van der Waals surface area contributed by atoms with Crippen LogP contribution in [0.5, 0.6) is 0 Å². The molecule has 3 heteroatoms. The fraction of sp³-hybridized carbons (Fsp3) is 0.300. The lowest BCUT2D eigenvalue weighted by molar-refractivity contribution is -0.118. The van der Waals surface area contributed by atoms with Crippen LogP contribution in [0.25, 0.3) is 0 Å². The van der Waals surface area contributed by atoms with Crippen molar-refractivity contribution in [2.75, 3.05) is 5.32 Å². The van der Waals surface area contributed by atoms with Gasteiger partial charge in [0.05, 0.1) is 5.54 Å². The second kappa shape index (κ2) is 2.85. The molecule has 1 aromatic rings. The zero-order valence-corrected chi connectivity index (χ0v) is 7.29. The third-order valence-electron chi connectivity index (χ3n) is 2.27. The van der Waals surface area contributed by atoms with Crippen molar-refractivity contribution in [3.05, 3.63) is 30.3 Å². The highest BCUT2D eigenvalue weighted by atomic mass is 16.2. The summed E-state index contributed by atoms with van der Waals surface area (Å²) < 4.78 is 0. The van der Waals surface area contributed by atoms with Gasteiger partial charge in [-0.3, -0.25) is 4.79 Å². The fourth-order valence-corrected chi connectivity index (χ4v) is 1.14. The summed E-state index contributed by atoms with van der Waals surface area (Å²) in [6.07, 6.45) is 1.59. The Balaban J connectivity index is 2.03. The zero-order chi connectivity index (χ0) is 9.31. The highest BCUT2D eigenvalue weighted by Gasteiger charge is 2.45. The Morgan fingerprint density at radius 2 is 1.92 bits per heavy atom.